The van der Waals surface area contributed by atoms with E-state index in [9.17, 15) is 18.9 Å². The van der Waals surface area contributed by atoms with Gasteiger partial charge in [-0.1, -0.05) is 7.43 Å². The largest absolute Gasteiger partial charge is 2.00 e. The maximum Gasteiger partial charge on any atom is 2.00 e. The van der Waals surface area contributed by atoms with Gasteiger partial charge in [-0.25, -0.2) is 0 Å². The Kier molecular flexibility index (Phi) is 18.0. The zero-order chi connectivity index (χ0) is 9.00. The van der Waals surface area contributed by atoms with Gasteiger partial charge in [-0.3, -0.25) is 0 Å². The molecule has 0 aromatic rings. The molecular formula is C5H16CaO4P2. The smallest absolute Gasteiger partial charge is 0.800 e. The maximum absolute atomic E-state index is 9.66. The normalized spacial score (nSPS) is 9.83. The second kappa shape index (κ2) is 9.20. The summed E-state index contributed by atoms with van der Waals surface area (Å²) in [5, 5.41) is 0. The molecule has 0 aliphatic rings. The third kappa shape index (κ3) is 490. The van der Waals surface area contributed by atoms with Crippen molar-refractivity contribution in [2.24, 2.45) is 0 Å². The van der Waals surface area contributed by atoms with Crippen molar-refractivity contribution in [2.75, 3.05) is 26.7 Å². The second-order valence-electron chi connectivity index (χ2n) is 2.50. The summed E-state index contributed by atoms with van der Waals surface area (Å²) in [6, 6.07) is 0. The van der Waals surface area contributed by atoms with E-state index in [0.717, 1.165) is 0 Å². The molecule has 0 amide bonds. The fraction of sp³-hybridized carbons (Fsp3) is 1.00. The summed E-state index contributed by atoms with van der Waals surface area (Å²) >= 11 is 0. The molecule has 7 heteroatoms. The van der Waals surface area contributed by atoms with E-state index in [-0.39, 0.29) is 45.2 Å². The minimum Gasteiger partial charge on any atom is -0.800 e. The molecule has 0 heterocycles. The van der Waals surface area contributed by atoms with Gasteiger partial charge in [0.05, 0.1) is 0 Å². The Balaban J connectivity index is -0.0000000457. The Morgan fingerprint density at radius 1 is 0.833 bits per heavy atom. The molecule has 72 valence electrons. The van der Waals surface area contributed by atoms with Gasteiger partial charge in [-0.15, -0.1) is 0 Å². The quantitative estimate of drug-likeness (QED) is 0.443. The number of rotatable bonds is 0. The first-order chi connectivity index (χ1) is 4.00. The fourth-order valence-corrected chi connectivity index (χ4v) is 0. The Hall–Kier alpha value is 1.64. The Morgan fingerprint density at radius 2 is 0.833 bits per heavy atom. The molecule has 0 saturated heterocycles. The SMILES string of the molecule is C.CP(C)(=O)[O-].CP(C)(=O)[O-].[Ca+2]. The van der Waals surface area contributed by atoms with Crippen LogP contribution in [0, 0.1) is 0 Å². The first-order valence-corrected chi connectivity index (χ1v) is 7.56. The van der Waals surface area contributed by atoms with Crippen LogP contribution in [0.5, 0.6) is 0 Å². The van der Waals surface area contributed by atoms with Gasteiger partial charge in [0.25, 0.3) is 0 Å². The van der Waals surface area contributed by atoms with Crippen LogP contribution in [0.3, 0.4) is 0 Å². The van der Waals surface area contributed by atoms with Crippen LogP contribution in [0.25, 0.3) is 0 Å². The summed E-state index contributed by atoms with van der Waals surface area (Å²) in [7, 11) is -5.78. The predicted octanol–water partition coefficient (Wildman–Crippen LogP) is 0.0241. The van der Waals surface area contributed by atoms with Crippen molar-refractivity contribution < 1.29 is 18.9 Å². The Bertz CT molecular complexity index is 134. The first kappa shape index (κ1) is 23.5. The summed E-state index contributed by atoms with van der Waals surface area (Å²) in [6.07, 6.45) is 0. The topological polar surface area (TPSA) is 80.3 Å². The maximum atomic E-state index is 9.66. The molecule has 0 spiro atoms. The van der Waals surface area contributed by atoms with Crippen LogP contribution in [-0.4, -0.2) is 64.4 Å². The van der Waals surface area contributed by atoms with Gasteiger partial charge in [0, 0.05) is 14.7 Å². The van der Waals surface area contributed by atoms with Gasteiger partial charge in [-0.05, 0) is 26.7 Å². The van der Waals surface area contributed by atoms with Crippen LogP contribution in [0.2, 0.25) is 0 Å². The van der Waals surface area contributed by atoms with E-state index < -0.39 is 14.7 Å². The summed E-state index contributed by atoms with van der Waals surface area (Å²) < 4.78 is 19.3. The van der Waals surface area contributed by atoms with E-state index in [1.165, 1.54) is 26.7 Å². The predicted molar refractivity (Wildman–Crippen MR) is 51.4 cm³/mol. The fourth-order valence-electron chi connectivity index (χ4n) is 0. The summed E-state index contributed by atoms with van der Waals surface area (Å²) in [5.41, 5.74) is 0. The van der Waals surface area contributed by atoms with Crippen molar-refractivity contribution in [1.29, 1.82) is 0 Å². The third-order valence-corrected chi connectivity index (χ3v) is 0. The van der Waals surface area contributed by atoms with E-state index >= 15 is 0 Å². The van der Waals surface area contributed by atoms with Crippen LogP contribution in [-0.2, 0) is 9.13 Å². The molecule has 0 bridgehead atoms. The van der Waals surface area contributed by atoms with Crippen LogP contribution in [0.1, 0.15) is 7.43 Å². The average molecular weight is 242 g/mol. The molecule has 0 aliphatic carbocycles. The number of hydrogen-bond acceptors (Lipinski definition) is 4. The van der Waals surface area contributed by atoms with Crippen molar-refractivity contribution in [3.63, 3.8) is 0 Å². The molecule has 0 fully saturated rings. The van der Waals surface area contributed by atoms with Crippen LogP contribution in [0.4, 0.5) is 0 Å². The minimum absolute atomic E-state index is 0. The van der Waals surface area contributed by atoms with Crippen molar-refractivity contribution in [3.05, 3.63) is 0 Å². The molecule has 0 aromatic heterocycles. The molecule has 0 N–H and O–H groups in total. The van der Waals surface area contributed by atoms with Gasteiger partial charge in [0.1, 0.15) is 0 Å². The molecule has 0 aromatic carbocycles. The molecular weight excluding hydrogens is 226 g/mol. The minimum atomic E-state index is -2.89. The van der Waals surface area contributed by atoms with E-state index in [4.69, 9.17) is 0 Å². The monoisotopic (exact) mass is 242 g/mol. The third-order valence-electron chi connectivity index (χ3n) is 0. The van der Waals surface area contributed by atoms with E-state index in [1.54, 1.807) is 0 Å². The van der Waals surface area contributed by atoms with Crippen LogP contribution in [0.15, 0.2) is 0 Å². The first-order valence-electron chi connectivity index (χ1n) is 2.52. The van der Waals surface area contributed by atoms with Gasteiger partial charge < -0.3 is 18.9 Å². The molecule has 0 atom stereocenters. The molecule has 0 rings (SSSR count). The summed E-state index contributed by atoms with van der Waals surface area (Å²) in [6.45, 7) is 4.75. The number of hydrogen-bond donors (Lipinski definition) is 0. The van der Waals surface area contributed by atoms with Gasteiger partial charge in [-0.2, -0.15) is 0 Å². The molecule has 0 saturated carbocycles. The molecule has 0 aliphatic heterocycles. The molecule has 0 radical (unpaired) electrons. The summed E-state index contributed by atoms with van der Waals surface area (Å²) in [5.74, 6) is 0. The Morgan fingerprint density at radius 3 is 0.833 bits per heavy atom. The standard InChI is InChI=1S/2C2H7O2P.CH4.Ca/c2*1-5(2,3)4;;/h2*1-2H3,(H,3,4);1H4;/q;;;+2/p-2. The van der Waals surface area contributed by atoms with E-state index in [0.29, 0.717) is 0 Å². The zero-order valence-electron chi connectivity index (χ0n) is 7.23. The molecule has 0 unspecified atom stereocenters. The van der Waals surface area contributed by atoms with Crippen LogP contribution >= 0.6 is 14.7 Å². The molecule has 4 nitrogen and oxygen atoms in total. The van der Waals surface area contributed by atoms with Crippen molar-refractivity contribution in [2.45, 2.75) is 7.43 Å². The van der Waals surface area contributed by atoms with Crippen LogP contribution < -0.4 is 9.79 Å². The summed E-state index contributed by atoms with van der Waals surface area (Å²) in [4.78, 5) is 19.3. The van der Waals surface area contributed by atoms with Gasteiger partial charge in [0.15, 0.2) is 0 Å². The molecule has 12 heavy (non-hydrogen) atoms. The van der Waals surface area contributed by atoms with E-state index in [1.807, 2.05) is 0 Å². The Labute approximate surface area is 105 Å². The van der Waals surface area contributed by atoms with E-state index in [2.05, 4.69) is 0 Å². The van der Waals surface area contributed by atoms with Gasteiger partial charge >= 0.3 is 37.7 Å². The van der Waals surface area contributed by atoms with Crippen molar-refractivity contribution in [3.8, 4) is 0 Å². The second-order valence-corrected chi connectivity index (χ2v) is 7.51. The van der Waals surface area contributed by atoms with Crippen molar-refractivity contribution >= 4 is 52.5 Å². The van der Waals surface area contributed by atoms with Crippen molar-refractivity contribution in [1.82, 2.24) is 0 Å². The zero-order valence-corrected chi connectivity index (χ0v) is 11.2. The van der Waals surface area contributed by atoms with Gasteiger partial charge in [0.2, 0.25) is 0 Å². The average Bonchev–Trinajstić information content (AvgIpc) is 1.12.